The van der Waals surface area contributed by atoms with Crippen molar-refractivity contribution in [2.24, 2.45) is 5.92 Å². The molecule has 1 aromatic heterocycles. The number of carbonyl (C=O) groups excluding carboxylic acids is 1. The molecule has 1 aromatic carbocycles. The topological polar surface area (TPSA) is 76.1 Å². The van der Waals surface area contributed by atoms with E-state index in [1.807, 2.05) is 5.32 Å². The average Bonchev–Trinajstić information content (AvgIpc) is 2.59. The van der Waals surface area contributed by atoms with E-state index in [9.17, 15) is 39.6 Å². The molecule has 1 saturated carbocycles. The number of carbonyl (C=O) groups is 1. The summed E-state index contributed by atoms with van der Waals surface area (Å²) in [4.78, 5) is 15.2. The van der Waals surface area contributed by atoms with Crippen molar-refractivity contribution in [3.8, 4) is 0 Å². The van der Waals surface area contributed by atoms with Crippen molar-refractivity contribution in [3.05, 3.63) is 53.7 Å². The summed E-state index contributed by atoms with van der Waals surface area (Å²) in [5.41, 5.74) is -2.27. The number of amides is 1. The van der Waals surface area contributed by atoms with Gasteiger partial charge in [0.25, 0.3) is 0 Å². The Morgan fingerprint density at radius 2 is 1.67 bits per heavy atom. The zero-order valence-corrected chi connectivity index (χ0v) is 15.8. The molecule has 162 valence electrons. The Balaban J connectivity index is 1.70. The molecule has 1 heterocycles. The first-order valence-electron chi connectivity index (χ1n) is 8.54. The van der Waals surface area contributed by atoms with E-state index < -0.39 is 61.1 Å². The van der Waals surface area contributed by atoms with Crippen LogP contribution in [0.2, 0.25) is 0 Å². The van der Waals surface area contributed by atoms with Crippen LogP contribution >= 0.6 is 0 Å². The van der Waals surface area contributed by atoms with Crippen LogP contribution in [-0.4, -0.2) is 24.6 Å². The highest BCUT2D eigenvalue weighted by molar-refractivity contribution is 7.92. The van der Waals surface area contributed by atoms with Gasteiger partial charge in [-0.05, 0) is 43.2 Å². The fourth-order valence-electron chi connectivity index (χ4n) is 3.03. The highest BCUT2D eigenvalue weighted by atomic mass is 32.2. The van der Waals surface area contributed by atoms with Crippen molar-refractivity contribution in [1.29, 1.82) is 0 Å². The van der Waals surface area contributed by atoms with Gasteiger partial charge in [-0.1, -0.05) is 6.07 Å². The second-order valence-electron chi connectivity index (χ2n) is 6.75. The van der Waals surface area contributed by atoms with E-state index in [1.165, 1.54) is 0 Å². The summed E-state index contributed by atoms with van der Waals surface area (Å²) < 4.78 is 102. The molecule has 0 aliphatic heterocycles. The first-order chi connectivity index (χ1) is 13.8. The van der Waals surface area contributed by atoms with Gasteiger partial charge in [0.05, 0.1) is 21.3 Å². The molecule has 0 saturated heterocycles. The number of benzene rings is 1. The van der Waals surface area contributed by atoms with Gasteiger partial charge >= 0.3 is 12.4 Å². The number of sulfone groups is 1. The van der Waals surface area contributed by atoms with E-state index in [0.29, 0.717) is 6.07 Å². The Bertz CT molecular complexity index is 1060. The number of alkyl halides is 6. The third-order valence-corrected chi connectivity index (χ3v) is 6.92. The predicted octanol–water partition coefficient (Wildman–Crippen LogP) is 4.31. The third kappa shape index (κ3) is 4.42. The molecule has 30 heavy (non-hydrogen) atoms. The smallest absolute Gasteiger partial charge is 0.310 e. The molecule has 1 N–H and O–H groups in total. The number of hydrogen-bond donors (Lipinski definition) is 1. The van der Waals surface area contributed by atoms with E-state index in [-0.39, 0.29) is 12.8 Å². The van der Waals surface area contributed by atoms with Crippen LogP contribution in [0.25, 0.3) is 0 Å². The Morgan fingerprint density at radius 1 is 1.00 bits per heavy atom. The van der Waals surface area contributed by atoms with Crippen molar-refractivity contribution >= 4 is 21.6 Å². The monoisotopic (exact) mass is 452 g/mol. The quantitative estimate of drug-likeness (QED) is 0.702. The lowest BCUT2D eigenvalue weighted by molar-refractivity contribution is -0.138. The molecule has 1 aliphatic rings. The van der Waals surface area contributed by atoms with Crippen LogP contribution in [0.1, 0.15) is 24.0 Å². The fraction of sp³-hybridized carbons (Fsp3) is 0.333. The highest BCUT2D eigenvalue weighted by Crippen LogP contribution is 2.39. The SMILES string of the molecule is O=C(Nc1ncccc1C(F)(F)F)[C@H]1C[C@H](S(=O)(=O)c2cccc(C(F)(F)F)c2)C1. The lowest BCUT2D eigenvalue weighted by Gasteiger charge is -2.33. The standard InChI is InChI=1S/C18H14F6N2O3S/c19-17(20,21)11-3-1-4-12(9-11)30(28,29)13-7-10(8-13)16(27)26-15-14(18(22,23)24)5-2-6-25-15/h1-6,9-10,13H,7-8H2,(H,25,26,27)/t10-,13-. The second kappa shape index (κ2) is 7.56. The molecule has 1 amide bonds. The maximum atomic E-state index is 13.0. The molecule has 0 atom stereocenters. The maximum absolute atomic E-state index is 13.0. The van der Waals surface area contributed by atoms with Gasteiger partial charge in [-0.25, -0.2) is 13.4 Å². The average molecular weight is 452 g/mol. The minimum absolute atomic E-state index is 0.224. The van der Waals surface area contributed by atoms with Gasteiger partial charge in [0.2, 0.25) is 5.91 Å². The minimum atomic E-state index is -4.74. The van der Waals surface area contributed by atoms with Crippen LogP contribution in [0.3, 0.4) is 0 Å². The van der Waals surface area contributed by atoms with Gasteiger partial charge in [-0.2, -0.15) is 26.3 Å². The van der Waals surface area contributed by atoms with E-state index in [2.05, 4.69) is 4.98 Å². The van der Waals surface area contributed by atoms with Crippen molar-refractivity contribution in [2.75, 3.05) is 5.32 Å². The number of anilines is 1. The van der Waals surface area contributed by atoms with Gasteiger partial charge in [0.15, 0.2) is 9.84 Å². The van der Waals surface area contributed by atoms with Crippen LogP contribution in [0, 0.1) is 5.92 Å². The number of aromatic nitrogens is 1. The van der Waals surface area contributed by atoms with Gasteiger partial charge in [0, 0.05) is 12.1 Å². The molecule has 5 nitrogen and oxygen atoms in total. The maximum Gasteiger partial charge on any atom is 0.419 e. The third-order valence-electron chi connectivity index (χ3n) is 4.75. The Morgan fingerprint density at radius 3 is 2.27 bits per heavy atom. The largest absolute Gasteiger partial charge is 0.419 e. The lowest BCUT2D eigenvalue weighted by Crippen LogP contribution is -2.42. The molecule has 0 spiro atoms. The Labute approximate surface area is 167 Å². The first kappa shape index (κ1) is 22.1. The molecule has 12 heteroatoms. The van der Waals surface area contributed by atoms with Crippen LogP contribution in [0.15, 0.2) is 47.5 Å². The molecule has 1 fully saturated rings. The summed E-state index contributed by atoms with van der Waals surface area (Å²) in [6, 6.07) is 5.05. The normalized spacial score (nSPS) is 19.8. The van der Waals surface area contributed by atoms with E-state index in [1.54, 1.807) is 0 Å². The molecular formula is C18H14F6N2O3S. The van der Waals surface area contributed by atoms with Crippen LogP contribution in [0.4, 0.5) is 32.2 Å². The molecule has 0 bridgehead atoms. The van der Waals surface area contributed by atoms with Crippen molar-refractivity contribution in [1.82, 2.24) is 4.98 Å². The Hall–Kier alpha value is -2.63. The van der Waals surface area contributed by atoms with Gasteiger partial charge in [0.1, 0.15) is 5.82 Å². The predicted molar refractivity (Wildman–Crippen MR) is 93.0 cm³/mol. The van der Waals surface area contributed by atoms with E-state index >= 15 is 0 Å². The minimum Gasteiger partial charge on any atom is -0.310 e. The van der Waals surface area contributed by atoms with Crippen molar-refractivity contribution in [2.45, 2.75) is 35.3 Å². The summed E-state index contributed by atoms with van der Waals surface area (Å²) in [5, 5.41) is 0.937. The molecule has 1 aliphatic carbocycles. The van der Waals surface area contributed by atoms with Crippen LogP contribution < -0.4 is 5.32 Å². The second-order valence-corrected chi connectivity index (χ2v) is 8.98. The van der Waals surface area contributed by atoms with Gasteiger partial charge < -0.3 is 5.32 Å². The molecule has 2 aromatic rings. The lowest BCUT2D eigenvalue weighted by atomic mass is 9.84. The molecule has 0 radical (unpaired) electrons. The number of nitrogens with zero attached hydrogens (tertiary/aromatic N) is 1. The fourth-order valence-corrected chi connectivity index (χ4v) is 4.94. The first-order valence-corrected chi connectivity index (χ1v) is 10.1. The molecule has 3 rings (SSSR count). The summed E-state index contributed by atoms with van der Waals surface area (Å²) in [7, 11) is -4.13. The number of rotatable bonds is 4. The van der Waals surface area contributed by atoms with Crippen LogP contribution in [0.5, 0.6) is 0 Å². The summed E-state index contributed by atoms with van der Waals surface area (Å²) >= 11 is 0. The summed E-state index contributed by atoms with van der Waals surface area (Å²) in [6.45, 7) is 0. The van der Waals surface area contributed by atoms with Gasteiger partial charge in [-0.15, -0.1) is 0 Å². The van der Waals surface area contributed by atoms with Gasteiger partial charge in [-0.3, -0.25) is 4.79 Å². The zero-order chi connectivity index (χ0) is 22.3. The number of hydrogen-bond acceptors (Lipinski definition) is 4. The number of pyridine rings is 1. The Kier molecular flexibility index (Phi) is 5.56. The number of nitrogens with one attached hydrogen (secondary N) is 1. The van der Waals surface area contributed by atoms with E-state index in [0.717, 1.165) is 36.5 Å². The molecular weight excluding hydrogens is 438 g/mol. The van der Waals surface area contributed by atoms with Crippen molar-refractivity contribution < 1.29 is 39.6 Å². The van der Waals surface area contributed by atoms with Crippen LogP contribution in [-0.2, 0) is 27.0 Å². The summed E-state index contributed by atoms with van der Waals surface area (Å²) in [6.07, 6.45) is -8.85. The van der Waals surface area contributed by atoms with Crippen molar-refractivity contribution in [3.63, 3.8) is 0 Å². The number of halogens is 6. The highest BCUT2D eigenvalue weighted by Gasteiger charge is 2.44. The zero-order valence-electron chi connectivity index (χ0n) is 15.0. The molecule has 0 unspecified atom stereocenters. The summed E-state index contributed by atoms with van der Waals surface area (Å²) in [5.74, 6) is -2.44. The van der Waals surface area contributed by atoms with E-state index in [4.69, 9.17) is 0 Å².